The lowest BCUT2D eigenvalue weighted by Gasteiger charge is -2.37. The summed E-state index contributed by atoms with van der Waals surface area (Å²) in [6.45, 7) is 8.41. The molecule has 4 rings (SSSR count). The van der Waals surface area contributed by atoms with Gasteiger partial charge in [-0.05, 0) is 74.0 Å². The maximum atomic E-state index is 12.8. The molecule has 2 aromatic carbocycles. The van der Waals surface area contributed by atoms with Gasteiger partial charge in [0.2, 0.25) is 5.91 Å². The lowest BCUT2D eigenvalue weighted by Crippen LogP contribution is -2.47. The molecule has 1 atom stereocenters. The first kappa shape index (κ1) is 23.6. The Morgan fingerprint density at radius 2 is 1.82 bits per heavy atom. The fourth-order valence-electron chi connectivity index (χ4n) is 5.31. The Kier molecular flexibility index (Phi) is 8.27. The van der Waals surface area contributed by atoms with Crippen molar-refractivity contribution in [1.82, 2.24) is 9.80 Å². The highest BCUT2D eigenvalue weighted by molar-refractivity contribution is 5.76. The van der Waals surface area contributed by atoms with Crippen molar-refractivity contribution in [2.24, 2.45) is 0 Å². The molecule has 5 nitrogen and oxygen atoms in total. The van der Waals surface area contributed by atoms with Crippen molar-refractivity contribution in [3.05, 3.63) is 59.7 Å². The van der Waals surface area contributed by atoms with Gasteiger partial charge >= 0.3 is 0 Å². The molecule has 2 aromatic rings. The Labute approximate surface area is 199 Å². The second-order valence-electron chi connectivity index (χ2n) is 9.34. The largest absolute Gasteiger partial charge is 0.497 e. The van der Waals surface area contributed by atoms with Gasteiger partial charge in [0.05, 0.1) is 7.11 Å². The molecule has 0 spiro atoms. The average molecular weight is 450 g/mol. The van der Waals surface area contributed by atoms with Gasteiger partial charge in [-0.3, -0.25) is 9.69 Å². The smallest absolute Gasteiger partial charge is 0.222 e. The second kappa shape index (κ2) is 11.6. The Morgan fingerprint density at radius 3 is 2.55 bits per heavy atom. The van der Waals surface area contributed by atoms with Crippen molar-refractivity contribution in [3.63, 3.8) is 0 Å². The number of benzene rings is 2. The summed E-state index contributed by atoms with van der Waals surface area (Å²) in [4.78, 5) is 20.0. The number of hydrogen-bond donors (Lipinski definition) is 0. The van der Waals surface area contributed by atoms with Crippen molar-refractivity contribution in [3.8, 4) is 5.75 Å². The summed E-state index contributed by atoms with van der Waals surface area (Å²) < 4.78 is 5.43. The van der Waals surface area contributed by atoms with Gasteiger partial charge in [0, 0.05) is 50.9 Å². The van der Waals surface area contributed by atoms with E-state index in [0.717, 1.165) is 77.1 Å². The molecule has 0 aromatic heterocycles. The minimum absolute atomic E-state index is 0.294. The molecule has 1 amide bonds. The predicted octanol–water partition coefficient (Wildman–Crippen LogP) is 4.39. The van der Waals surface area contributed by atoms with Gasteiger partial charge in [0.15, 0.2) is 0 Å². The second-order valence-corrected chi connectivity index (χ2v) is 9.34. The Hall–Kier alpha value is -2.53. The van der Waals surface area contributed by atoms with Gasteiger partial charge in [-0.1, -0.05) is 31.2 Å². The molecule has 0 saturated carbocycles. The van der Waals surface area contributed by atoms with Crippen LogP contribution in [-0.2, 0) is 17.6 Å². The van der Waals surface area contributed by atoms with E-state index in [1.807, 2.05) is 13.0 Å². The highest BCUT2D eigenvalue weighted by atomic mass is 16.5. The number of unbranched alkanes of at least 4 members (excludes halogenated alkanes) is 1. The summed E-state index contributed by atoms with van der Waals surface area (Å²) in [6.07, 6.45) is 5.86. The molecule has 1 fully saturated rings. The Morgan fingerprint density at radius 1 is 1.03 bits per heavy atom. The van der Waals surface area contributed by atoms with Crippen LogP contribution in [0.5, 0.6) is 5.75 Å². The molecular formula is C28H39N3O2. The molecule has 0 radical (unpaired) electrons. The lowest BCUT2D eigenvalue weighted by atomic mass is 9.87. The first-order valence-corrected chi connectivity index (χ1v) is 12.7. The Balaban J connectivity index is 1.24. The fraction of sp³-hybridized carbons (Fsp3) is 0.536. The minimum atomic E-state index is 0.294. The molecule has 0 unspecified atom stereocenters. The lowest BCUT2D eigenvalue weighted by molar-refractivity contribution is -0.133. The van der Waals surface area contributed by atoms with Crippen LogP contribution in [0.3, 0.4) is 0 Å². The predicted molar refractivity (Wildman–Crippen MR) is 135 cm³/mol. The summed E-state index contributed by atoms with van der Waals surface area (Å²) in [6, 6.07) is 17.4. The number of piperazine rings is 1. The van der Waals surface area contributed by atoms with E-state index in [4.69, 9.17) is 4.74 Å². The highest BCUT2D eigenvalue weighted by Crippen LogP contribution is 2.28. The van der Waals surface area contributed by atoms with Gasteiger partial charge in [-0.2, -0.15) is 0 Å². The van der Waals surface area contributed by atoms with E-state index in [1.54, 1.807) is 7.11 Å². The number of ether oxygens (including phenoxy) is 1. The van der Waals surface area contributed by atoms with E-state index in [2.05, 4.69) is 57.2 Å². The van der Waals surface area contributed by atoms with Gasteiger partial charge < -0.3 is 14.5 Å². The van der Waals surface area contributed by atoms with Crippen LogP contribution >= 0.6 is 0 Å². The topological polar surface area (TPSA) is 36.0 Å². The normalized spacial score (nSPS) is 18.6. The summed E-state index contributed by atoms with van der Waals surface area (Å²) >= 11 is 0. The van der Waals surface area contributed by atoms with Crippen LogP contribution in [0.15, 0.2) is 48.5 Å². The number of fused-ring (bicyclic) bond motifs is 1. The van der Waals surface area contributed by atoms with Crippen molar-refractivity contribution < 1.29 is 9.53 Å². The molecule has 0 N–H and O–H groups in total. The van der Waals surface area contributed by atoms with Gasteiger partial charge in [-0.25, -0.2) is 0 Å². The molecule has 1 heterocycles. The summed E-state index contributed by atoms with van der Waals surface area (Å²) in [5.41, 5.74) is 4.08. The minimum Gasteiger partial charge on any atom is -0.497 e. The maximum Gasteiger partial charge on any atom is 0.222 e. The van der Waals surface area contributed by atoms with Crippen molar-refractivity contribution >= 4 is 11.6 Å². The van der Waals surface area contributed by atoms with Crippen molar-refractivity contribution in [2.75, 3.05) is 51.3 Å². The fourth-order valence-corrected chi connectivity index (χ4v) is 5.31. The number of methoxy groups -OCH3 is 1. The van der Waals surface area contributed by atoms with Crippen molar-refractivity contribution in [1.29, 1.82) is 0 Å². The molecule has 1 saturated heterocycles. The standard InChI is InChI=1S/C28H39N3O2/c1-3-28(32)31(26-13-11-23-12-14-27(33-2)22-24(23)21-26)16-8-7-15-29-17-19-30(20-18-29)25-9-5-4-6-10-25/h4-6,9-10,12,14,22,26H,3,7-8,11,13,15-21H2,1-2H3/t26-/m1/s1. The third-order valence-electron chi connectivity index (χ3n) is 7.30. The number of nitrogens with zero attached hydrogens (tertiary/aromatic N) is 3. The number of amides is 1. The van der Waals surface area contributed by atoms with Crippen molar-refractivity contribution in [2.45, 2.75) is 51.5 Å². The summed E-state index contributed by atoms with van der Waals surface area (Å²) in [7, 11) is 1.72. The number of aryl methyl sites for hydroxylation is 1. The van der Waals surface area contributed by atoms with Gasteiger partial charge in [0.1, 0.15) is 5.75 Å². The van der Waals surface area contributed by atoms with Crippen LogP contribution < -0.4 is 9.64 Å². The van der Waals surface area contributed by atoms with Crippen LogP contribution in [0, 0.1) is 0 Å². The highest BCUT2D eigenvalue weighted by Gasteiger charge is 2.27. The number of para-hydroxylation sites is 1. The molecule has 1 aliphatic heterocycles. The van der Waals surface area contributed by atoms with Gasteiger partial charge in [-0.15, -0.1) is 0 Å². The van der Waals surface area contributed by atoms with E-state index < -0.39 is 0 Å². The number of hydrogen-bond acceptors (Lipinski definition) is 4. The van der Waals surface area contributed by atoms with Crippen LogP contribution in [0.1, 0.15) is 43.7 Å². The molecule has 1 aliphatic carbocycles. The number of anilines is 1. The van der Waals surface area contributed by atoms with Crippen LogP contribution in [0.4, 0.5) is 5.69 Å². The Bertz CT molecular complexity index is 893. The van der Waals surface area contributed by atoms with E-state index >= 15 is 0 Å². The zero-order valence-corrected chi connectivity index (χ0v) is 20.3. The van der Waals surface area contributed by atoms with Gasteiger partial charge in [0.25, 0.3) is 0 Å². The number of rotatable bonds is 9. The van der Waals surface area contributed by atoms with E-state index in [-0.39, 0.29) is 0 Å². The van der Waals surface area contributed by atoms with E-state index in [1.165, 1.54) is 16.8 Å². The first-order valence-electron chi connectivity index (χ1n) is 12.7. The zero-order chi connectivity index (χ0) is 23.0. The van der Waals surface area contributed by atoms with Crippen LogP contribution in [0.25, 0.3) is 0 Å². The first-order chi connectivity index (χ1) is 16.2. The monoisotopic (exact) mass is 449 g/mol. The molecule has 33 heavy (non-hydrogen) atoms. The molecule has 178 valence electrons. The number of carbonyl (C=O) groups excluding carboxylic acids is 1. The maximum absolute atomic E-state index is 12.8. The SMILES string of the molecule is CCC(=O)N(CCCCN1CCN(c2ccccc2)CC1)[C@@H]1CCc2ccc(OC)cc2C1. The van der Waals surface area contributed by atoms with Crippen LogP contribution in [0.2, 0.25) is 0 Å². The van der Waals surface area contributed by atoms with Crippen LogP contribution in [-0.4, -0.2) is 68.1 Å². The zero-order valence-electron chi connectivity index (χ0n) is 20.3. The molecule has 5 heteroatoms. The quantitative estimate of drug-likeness (QED) is 0.532. The van der Waals surface area contributed by atoms with E-state index in [9.17, 15) is 4.79 Å². The third-order valence-corrected chi connectivity index (χ3v) is 7.30. The third kappa shape index (κ3) is 6.08. The number of carbonyl (C=O) groups is 1. The van der Waals surface area contributed by atoms with E-state index in [0.29, 0.717) is 18.4 Å². The molecular weight excluding hydrogens is 410 g/mol. The summed E-state index contributed by atoms with van der Waals surface area (Å²) in [5.74, 6) is 1.21. The summed E-state index contributed by atoms with van der Waals surface area (Å²) in [5, 5.41) is 0. The molecule has 2 aliphatic rings. The average Bonchev–Trinajstić information content (AvgIpc) is 2.88. The molecule has 0 bridgehead atoms.